The molecule has 0 saturated carbocycles. The van der Waals surface area contributed by atoms with Crippen LogP contribution in [0.4, 0.5) is 0 Å². The van der Waals surface area contributed by atoms with Crippen molar-refractivity contribution in [2.45, 2.75) is 0 Å². The molecule has 28 rings (SSSR count). The highest BCUT2D eigenvalue weighted by Gasteiger charge is 2.25. The molecule has 0 amide bonds. The van der Waals surface area contributed by atoms with Gasteiger partial charge in [0.05, 0.1) is 160 Å². The lowest BCUT2D eigenvalue weighted by Gasteiger charge is -2.13. The van der Waals surface area contributed by atoms with E-state index >= 15 is 0 Å². The van der Waals surface area contributed by atoms with Gasteiger partial charge in [0.2, 0.25) is 0 Å². The molecule has 0 aliphatic rings. The zero-order chi connectivity index (χ0) is 161. The molecule has 0 unspecified atom stereocenters. The molecule has 19 aromatic carbocycles. The maximum absolute atomic E-state index is 9.99. The second kappa shape index (κ2) is 34.4. The number of hydrogen-bond acceptors (Lipinski definition) is 9. The lowest BCUT2D eigenvalue weighted by atomic mass is 9.91. The molecular formula is C130H80N6O3. The van der Waals surface area contributed by atoms with Gasteiger partial charge in [0.15, 0.2) is 0 Å². The summed E-state index contributed by atoms with van der Waals surface area (Å²) in [7, 11) is 0. The minimum Gasteiger partial charge on any atom is -0.456 e. The monoisotopic (exact) mass is 1850 g/mol. The second-order valence-corrected chi connectivity index (χ2v) is 29.2. The lowest BCUT2D eigenvalue weighted by molar-refractivity contribution is 0.598. The third-order valence-corrected chi connectivity index (χ3v) is 21.3. The van der Waals surface area contributed by atoms with E-state index in [0.29, 0.717) is 0 Å². The van der Waals surface area contributed by atoms with Crippen molar-refractivity contribution in [2.24, 2.45) is 0 Å². The van der Waals surface area contributed by atoms with Gasteiger partial charge in [0.25, 0.3) is 0 Å². The van der Waals surface area contributed by atoms with Crippen molar-refractivity contribution in [3.63, 3.8) is 0 Å². The highest BCUT2D eigenvalue weighted by Crippen LogP contribution is 2.49. The highest BCUT2D eigenvalue weighted by molar-refractivity contribution is 6.14. The Labute approximate surface area is 911 Å². The summed E-state index contributed by atoms with van der Waals surface area (Å²) < 4.78 is 724. The molecule has 0 atom stereocenters. The van der Waals surface area contributed by atoms with E-state index in [0.717, 1.165) is 0 Å². The first kappa shape index (κ1) is 33.7. The molecule has 0 radical (unpaired) electrons. The molecule has 0 bridgehead atoms. The van der Waals surface area contributed by atoms with Crippen molar-refractivity contribution in [1.82, 2.24) is 29.9 Å². The SMILES string of the molecule is [2H]c1nc2c(c([2H])c1[2H])c([2H])c([2H])c1c([2H])c([2H])c(-c3c([2H])c([2H])c(-c4c(-c5c([2H])c([2H])c([2H])c6c([2H])c([2H])c([2H])c([2H])c56)oc(-c5c([2H])c([2H])c([2H])c6c([2H])c([2H])c([2H])c([2H])c56)c4[2H])c4c([2H])c([2H])c([2H])c([2H])c34)nc12.[2H]c1nc2c(c([2H])c1[2H])c([2H])c([2H])c1c([2H])c([2H])c(-c3c([2H])c([2H])c(-c4c([2H])c([2H])c(-c5oc(-c6c([2H])c([2H])c([2H])c7c([2H])c([2H])c([2H])c([2H])c67)c([2H])c5[2H])c([2H])c4[2H])c4c([2H])c([2H])c([2H])c([2H])c34)nc12.[2H]c1nc2c(c([2H])c1[2H])c([2H])c([2H])c1c([2H])c([2H])c(-c3c([2H])c([2H])c(-c4c([2H])c([2H])c([2H])c(-c5oc(-c6c([2H])c([2H])c([2H])c7c([2H])c([2H])c([2H])c([2H])c67)c([2H])c5[2H])c4[2H])c4c([2H])c([2H])c([2H])c([2H])c34)nc12. The molecule has 9 nitrogen and oxygen atoms in total. The molecule has 9 heteroatoms. The van der Waals surface area contributed by atoms with E-state index in [4.69, 9.17) is 102 Å². The van der Waals surface area contributed by atoms with Gasteiger partial charge in [0, 0.05) is 106 Å². The number of hydrogen-bond donors (Lipinski definition) is 0. The fourth-order valence-electron chi connectivity index (χ4n) is 15.1. The van der Waals surface area contributed by atoms with Crippen molar-refractivity contribution in [3.8, 4) is 135 Å². The maximum atomic E-state index is 9.99. The zero-order valence-corrected chi connectivity index (χ0v) is 68.9. The first-order chi connectivity index (χ1) is 102. The van der Waals surface area contributed by atoms with Crippen molar-refractivity contribution in [2.75, 3.05) is 0 Å². The fraction of sp³-hybridized carbons (Fsp3) is 0. The van der Waals surface area contributed by atoms with Crippen LogP contribution >= 0.6 is 0 Å². The molecule has 0 spiro atoms. The molecule has 139 heavy (non-hydrogen) atoms. The third kappa shape index (κ3) is 14.7. The molecule has 28 aromatic rings. The number of benzene rings is 19. The Morgan fingerprint density at radius 2 is 0.439 bits per heavy atom. The van der Waals surface area contributed by atoms with Crippen LogP contribution in [0.3, 0.4) is 0 Å². The Bertz CT molecular complexity index is 15000. The summed E-state index contributed by atoms with van der Waals surface area (Å²) in [5, 5.41) is -11.8. The van der Waals surface area contributed by atoms with Crippen LogP contribution in [0.15, 0.2) is 497 Å². The zero-order valence-electron chi connectivity index (χ0n) is 149. The summed E-state index contributed by atoms with van der Waals surface area (Å²) >= 11 is 0. The van der Waals surface area contributed by atoms with E-state index in [1.807, 2.05) is 0 Å². The Hall–Kier alpha value is -18.7. The summed E-state index contributed by atoms with van der Waals surface area (Å²) in [6, 6.07) is -68.6. The molecule has 0 aliphatic carbocycles. The maximum Gasteiger partial charge on any atom is 0.143 e. The van der Waals surface area contributed by atoms with Gasteiger partial charge >= 0.3 is 0 Å². The van der Waals surface area contributed by atoms with Gasteiger partial charge < -0.3 is 13.3 Å². The number of pyridine rings is 6. The Balaban J connectivity index is 0.000000151. The number of fused-ring (bicyclic) bond motifs is 16. The predicted molar refractivity (Wildman–Crippen MR) is 576 cm³/mol. The Morgan fingerprint density at radius 3 is 0.863 bits per heavy atom. The number of furan rings is 3. The van der Waals surface area contributed by atoms with Gasteiger partial charge in [-0.25, -0.2) is 15.0 Å². The van der Waals surface area contributed by atoms with Crippen LogP contribution in [-0.4, -0.2) is 29.9 Å². The van der Waals surface area contributed by atoms with Gasteiger partial charge in [-0.05, 0) is 176 Å². The third-order valence-electron chi connectivity index (χ3n) is 21.3. The largest absolute Gasteiger partial charge is 0.456 e. The average Bonchev–Trinajstić information content (AvgIpc) is 1.69. The predicted octanol–water partition coefficient (Wildman–Crippen LogP) is 35.2. The smallest absolute Gasteiger partial charge is 0.143 e. The molecule has 0 saturated heterocycles. The molecule has 9 heterocycles. The van der Waals surface area contributed by atoms with Crippen LogP contribution in [0.2, 0.25) is 0 Å². The first-order valence-corrected chi connectivity index (χ1v) is 40.4. The summed E-state index contributed by atoms with van der Waals surface area (Å²) in [5.41, 5.74) is -16.6. The molecule has 0 N–H and O–H groups in total. The number of rotatable bonds is 12. The quantitative estimate of drug-likeness (QED) is 0.110. The topological polar surface area (TPSA) is 117 Å². The molecular weight excluding hydrogens is 1690 g/mol. The fourth-order valence-corrected chi connectivity index (χ4v) is 15.1. The second-order valence-electron chi connectivity index (χ2n) is 29.2. The minimum atomic E-state index is -1.12. The van der Waals surface area contributed by atoms with Gasteiger partial charge in [-0.2, -0.15) is 0 Å². The van der Waals surface area contributed by atoms with Crippen molar-refractivity contribution >= 4 is 141 Å². The van der Waals surface area contributed by atoms with Crippen molar-refractivity contribution in [1.29, 1.82) is 0 Å². The number of nitrogens with zero attached hydrogens (tertiary/aromatic N) is 6. The summed E-state index contributed by atoms with van der Waals surface area (Å²) in [4.78, 5) is 25.3. The van der Waals surface area contributed by atoms with E-state index < -0.39 is 760 Å². The van der Waals surface area contributed by atoms with Crippen LogP contribution in [0.5, 0.6) is 0 Å². The summed E-state index contributed by atoms with van der Waals surface area (Å²) in [6.07, 6.45) is -2.30. The van der Waals surface area contributed by atoms with E-state index in [2.05, 4.69) is 29.9 Å². The van der Waals surface area contributed by atoms with Gasteiger partial charge in [-0.15, -0.1) is 0 Å². The summed E-state index contributed by atoms with van der Waals surface area (Å²) in [6.45, 7) is 0. The van der Waals surface area contributed by atoms with E-state index in [-0.39, 0.29) is 0 Å². The minimum absolute atomic E-state index is 0.419. The van der Waals surface area contributed by atoms with Crippen LogP contribution < -0.4 is 0 Å². The molecule has 0 aliphatic heterocycles. The standard InChI is InChI=1S/C46H28N2O.2C42H26N2O/c1-3-15-33-29(10-1)12-7-19-39(33)43-28-41(46(49-43)40-20-8-13-30-11-2-4-16-34(30)40)37-24-25-38(36-18-6-5-17-35(36)37)42-26-23-32-22-21-31-14-9-27-47-44(31)45(32)48-42;1-2-13-32-27(8-1)9-6-16-37(32)40-24-23-39(45-40)31-11-5-10-30(26-31)33-20-21-36(35-15-4-3-14-34(33)35)38-22-19-29-18-17-28-12-7-25-43-41(28)42(29)44-38;1-2-10-32-27(7-1)8-5-13-37(32)40-25-24-39(45-40)29-16-14-28(15-17-29)33-21-22-36(35-12-4-3-11-34(33)35)38-23-20-31-19-18-30-9-6-26-43-41(30)42(31)44-38/h1-28H;2*1-26H/i1D,2D,3D,4D,5D,6D,7D,8D,9D,10D,11D,12D,13D,14D,15D,16D,17D,18D,19D,20D,21D,22D,23D,24D,25D,26D,27D,28D;2*1D,2D,3D,4D,5D,6D,7D,8D,9D,10D,11D,12D,13D,14D,15D,16D,17D,18D,19D,20D,21D,22D,23D,24D,25D,26D. The van der Waals surface area contributed by atoms with Crippen molar-refractivity contribution in [3.05, 3.63) is 484 Å². The van der Waals surface area contributed by atoms with Crippen LogP contribution in [0.25, 0.3) is 276 Å². The number of aromatic nitrogens is 6. The van der Waals surface area contributed by atoms with Crippen LogP contribution in [0.1, 0.15) is 110 Å². The van der Waals surface area contributed by atoms with E-state index in [1.54, 1.807) is 0 Å². The molecule has 0 fully saturated rings. The van der Waals surface area contributed by atoms with E-state index in [9.17, 15) is 20.6 Å². The average molecular weight is 1850 g/mol. The van der Waals surface area contributed by atoms with Crippen molar-refractivity contribution < 1.29 is 123 Å². The molecule has 648 valence electrons. The Kier molecular flexibility index (Phi) is 8.35. The van der Waals surface area contributed by atoms with Gasteiger partial charge in [-0.1, -0.05) is 393 Å². The Morgan fingerprint density at radius 1 is 0.151 bits per heavy atom. The normalized spacial score (nSPS) is 19.7. The van der Waals surface area contributed by atoms with Gasteiger partial charge in [0.1, 0.15) is 34.6 Å². The van der Waals surface area contributed by atoms with Crippen LogP contribution in [0, 0.1) is 0 Å². The molecule has 9 aromatic heterocycles. The highest BCUT2D eigenvalue weighted by atomic mass is 16.3. The van der Waals surface area contributed by atoms with Crippen LogP contribution in [-0.2, 0) is 0 Å². The van der Waals surface area contributed by atoms with E-state index in [1.165, 1.54) is 0 Å². The first-order valence-electron chi connectivity index (χ1n) is 80.4. The lowest BCUT2D eigenvalue weighted by Crippen LogP contribution is -1.91. The van der Waals surface area contributed by atoms with Gasteiger partial charge in [-0.3, -0.25) is 15.0 Å². The summed E-state index contributed by atoms with van der Waals surface area (Å²) in [5.74, 6) is -5.18.